The van der Waals surface area contributed by atoms with Gasteiger partial charge in [0.2, 0.25) is 0 Å². The van der Waals surface area contributed by atoms with Crippen LogP contribution < -0.4 is 5.32 Å². The number of carbonyl (C=O) groups excluding carboxylic acids is 2. The third-order valence-corrected chi connectivity index (χ3v) is 3.62. The molecule has 3 amide bonds. The SMILES string of the molecule is CCC[C@]1(c2ccccc2)NC(=O)N(C/C=C/Cl)C1=O. The molecular formula is C15H17ClN2O2. The number of benzene rings is 1. The molecule has 1 heterocycles. The van der Waals surface area contributed by atoms with Crippen LogP contribution in [-0.4, -0.2) is 23.4 Å². The van der Waals surface area contributed by atoms with Gasteiger partial charge in [-0.15, -0.1) is 0 Å². The zero-order chi connectivity index (χ0) is 14.6. The Morgan fingerprint density at radius 3 is 2.60 bits per heavy atom. The van der Waals surface area contributed by atoms with Crippen molar-refractivity contribution in [3.8, 4) is 0 Å². The van der Waals surface area contributed by atoms with Gasteiger partial charge in [0.15, 0.2) is 0 Å². The predicted molar refractivity (Wildman–Crippen MR) is 78.3 cm³/mol. The highest BCUT2D eigenvalue weighted by molar-refractivity contribution is 6.25. The summed E-state index contributed by atoms with van der Waals surface area (Å²) in [5.74, 6) is -0.217. The van der Waals surface area contributed by atoms with Gasteiger partial charge in [-0.05, 0) is 12.0 Å². The molecule has 106 valence electrons. The van der Waals surface area contributed by atoms with E-state index in [9.17, 15) is 9.59 Å². The highest BCUT2D eigenvalue weighted by Gasteiger charge is 2.51. The molecule has 1 N–H and O–H groups in total. The van der Waals surface area contributed by atoms with Gasteiger partial charge in [-0.25, -0.2) is 4.79 Å². The standard InChI is InChI=1S/C15H17ClN2O2/c1-2-9-15(12-7-4-3-5-8-12)13(19)18(11-6-10-16)14(20)17-15/h3-8,10H,2,9,11H2,1H3,(H,17,20)/b10-6+/t15-/m1/s1. The van der Waals surface area contributed by atoms with Gasteiger partial charge in [0.05, 0.1) is 0 Å². The molecule has 0 aliphatic carbocycles. The summed E-state index contributed by atoms with van der Waals surface area (Å²) in [5.41, 5.74) is 1.17. The minimum Gasteiger partial charge on any atom is -0.319 e. The van der Waals surface area contributed by atoms with Crippen LogP contribution in [0.5, 0.6) is 0 Å². The van der Waals surface area contributed by atoms with Crippen LogP contribution in [0.15, 0.2) is 41.9 Å². The molecule has 1 aromatic carbocycles. The van der Waals surface area contributed by atoms with Crippen LogP contribution in [0.3, 0.4) is 0 Å². The molecule has 1 aromatic rings. The molecule has 1 fully saturated rings. The number of nitrogens with one attached hydrogen (secondary N) is 1. The van der Waals surface area contributed by atoms with Crippen LogP contribution in [0.2, 0.25) is 0 Å². The smallest absolute Gasteiger partial charge is 0.319 e. The summed E-state index contributed by atoms with van der Waals surface area (Å²) in [6.45, 7) is 2.18. The van der Waals surface area contributed by atoms with Gasteiger partial charge in [0, 0.05) is 12.1 Å². The van der Waals surface area contributed by atoms with E-state index in [0.29, 0.717) is 6.42 Å². The lowest BCUT2D eigenvalue weighted by Crippen LogP contribution is -2.43. The lowest BCUT2D eigenvalue weighted by Gasteiger charge is -2.26. The molecule has 1 aliphatic rings. The highest BCUT2D eigenvalue weighted by Crippen LogP contribution is 2.33. The molecule has 0 spiro atoms. The average Bonchev–Trinajstić information content (AvgIpc) is 2.70. The second-order valence-electron chi connectivity index (χ2n) is 4.73. The fourth-order valence-electron chi connectivity index (χ4n) is 2.54. The largest absolute Gasteiger partial charge is 0.325 e. The summed E-state index contributed by atoms with van der Waals surface area (Å²) in [6, 6.07) is 8.99. The van der Waals surface area contributed by atoms with Crippen molar-refractivity contribution in [2.45, 2.75) is 25.3 Å². The monoisotopic (exact) mass is 292 g/mol. The normalized spacial score (nSPS) is 22.6. The minimum atomic E-state index is -0.951. The second-order valence-corrected chi connectivity index (χ2v) is 4.98. The van der Waals surface area contributed by atoms with E-state index in [1.807, 2.05) is 37.3 Å². The molecule has 1 aliphatic heterocycles. The summed E-state index contributed by atoms with van der Waals surface area (Å²) in [6.07, 6.45) is 2.94. The number of hydrogen-bond donors (Lipinski definition) is 1. The molecule has 5 heteroatoms. The number of halogens is 1. The van der Waals surface area contributed by atoms with E-state index >= 15 is 0 Å². The molecule has 1 atom stereocenters. The first-order valence-electron chi connectivity index (χ1n) is 6.60. The molecule has 0 unspecified atom stereocenters. The Balaban J connectivity index is 2.40. The molecule has 0 saturated carbocycles. The number of urea groups is 1. The Labute approximate surface area is 123 Å². The lowest BCUT2D eigenvalue weighted by atomic mass is 9.85. The molecule has 0 radical (unpaired) electrons. The van der Waals surface area contributed by atoms with Crippen molar-refractivity contribution in [2.24, 2.45) is 0 Å². The summed E-state index contributed by atoms with van der Waals surface area (Å²) in [5, 5.41) is 2.85. The van der Waals surface area contributed by atoms with Crippen molar-refractivity contribution < 1.29 is 9.59 Å². The van der Waals surface area contributed by atoms with Crippen LogP contribution in [0.4, 0.5) is 4.79 Å². The maximum atomic E-state index is 12.7. The molecule has 20 heavy (non-hydrogen) atoms. The van der Waals surface area contributed by atoms with Gasteiger partial charge in [0.1, 0.15) is 5.54 Å². The third kappa shape index (κ3) is 2.43. The van der Waals surface area contributed by atoms with E-state index in [-0.39, 0.29) is 18.5 Å². The maximum absolute atomic E-state index is 12.7. The summed E-state index contributed by atoms with van der Waals surface area (Å²) in [7, 11) is 0. The Morgan fingerprint density at radius 1 is 1.30 bits per heavy atom. The molecule has 0 aromatic heterocycles. The van der Waals surface area contributed by atoms with Gasteiger partial charge in [-0.1, -0.05) is 61.4 Å². The number of hydrogen-bond acceptors (Lipinski definition) is 2. The van der Waals surface area contributed by atoms with E-state index in [1.54, 1.807) is 6.08 Å². The van der Waals surface area contributed by atoms with Crippen molar-refractivity contribution in [3.63, 3.8) is 0 Å². The van der Waals surface area contributed by atoms with E-state index in [2.05, 4.69) is 5.32 Å². The Kier molecular flexibility index (Phi) is 4.45. The number of imide groups is 1. The van der Waals surface area contributed by atoms with Crippen LogP contribution in [0.25, 0.3) is 0 Å². The number of rotatable bonds is 5. The van der Waals surface area contributed by atoms with Crippen LogP contribution in [-0.2, 0) is 10.3 Å². The van der Waals surface area contributed by atoms with Crippen molar-refractivity contribution in [1.29, 1.82) is 0 Å². The van der Waals surface area contributed by atoms with Gasteiger partial charge in [0.25, 0.3) is 5.91 Å². The first-order chi connectivity index (χ1) is 9.65. The topological polar surface area (TPSA) is 49.4 Å². The fourth-order valence-corrected chi connectivity index (χ4v) is 2.62. The zero-order valence-corrected chi connectivity index (χ0v) is 12.1. The summed E-state index contributed by atoms with van der Waals surface area (Å²) >= 11 is 5.47. The predicted octanol–water partition coefficient (Wildman–Crippen LogP) is 2.99. The fraction of sp³-hybridized carbons (Fsp3) is 0.333. The third-order valence-electron chi connectivity index (χ3n) is 3.44. The van der Waals surface area contributed by atoms with Crippen molar-refractivity contribution in [1.82, 2.24) is 10.2 Å². The average molecular weight is 293 g/mol. The molecule has 4 nitrogen and oxygen atoms in total. The van der Waals surface area contributed by atoms with Crippen molar-refractivity contribution in [2.75, 3.05) is 6.54 Å². The Hall–Kier alpha value is -1.81. The minimum absolute atomic E-state index is 0.187. The molecular weight excluding hydrogens is 276 g/mol. The molecule has 0 bridgehead atoms. The quantitative estimate of drug-likeness (QED) is 0.848. The van der Waals surface area contributed by atoms with Crippen LogP contribution in [0, 0.1) is 0 Å². The van der Waals surface area contributed by atoms with E-state index in [4.69, 9.17) is 11.6 Å². The van der Waals surface area contributed by atoms with Gasteiger partial charge < -0.3 is 5.32 Å². The van der Waals surface area contributed by atoms with Crippen molar-refractivity contribution in [3.05, 3.63) is 47.5 Å². The van der Waals surface area contributed by atoms with Crippen LogP contribution in [0.1, 0.15) is 25.3 Å². The zero-order valence-electron chi connectivity index (χ0n) is 11.3. The summed E-state index contributed by atoms with van der Waals surface area (Å²) in [4.78, 5) is 26.0. The highest BCUT2D eigenvalue weighted by atomic mass is 35.5. The lowest BCUT2D eigenvalue weighted by molar-refractivity contribution is -0.131. The first-order valence-corrected chi connectivity index (χ1v) is 7.04. The molecule has 1 saturated heterocycles. The van der Waals surface area contributed by atoms with Gasteiger partial charge >= 0.3 is 6.03 Å². The maximum Gasteiger partial charge on any atom is 0.325 e. The Bertz CT molecular complexity index is 530. The Morgan fingerprint density at radius 2 is 2.00 bits per heavy atom. The van der Waals surface area contributed by atoms with E-state index in [0.717, 1.165) is 12.0 Å². The van der Waals surface area contributed by atoms with E-state index < -0.39 is 5.54 Å². The van der Waals surface area contributed by atoms with Gasteiger partial charge in [-0.2, -0.15) is 0 Å². The van der Waals surface area contributed by atoms with Crippen molar-refractivity contribution >= 4 is 23.5 Å². The number of carbonyl (C=O) groups is 2. The summed E-state index contributed by atoms with van der Waals surface area (Å²) < 4.78 is 0. The number of amides is 3. The number of nitrogens with zero attached hydrogens (tertiary/aromatic N) is 1. The van der Waals surface area contributed by atoms with Crippen LogP contribution >= 0.6 is 11.6 Å². The first kappa shape index (κ1) is 14.6. The molecule has 2 rings (SSSR count). The van der Waals surface area contributed by atoms with Gasteiger partial charge in [-0.3, -0.25) is 9.69 Å². The second kappa shape index (κ2) is 6.09. The van der Waals surface area contributed by atoms with E-state index in [1.165, 1.54) is 10.4 Å².